The van der Waals surface area contributed by atoms with Gasteiger partial charge >= 0.3 is 6.01 Å². The summed E-state index contributed by atoms with van der Waals surface area (Å²) in [4.78, 5) is 12.2. The molecule has 0 saturated carbocycles. The molecule has 9 heteroatoms. The first kappa shape index (κ1) is 12.6. The Morgan fingerprint density at radius 3 is 2.72 bits per heavy atom. The quantitative estimate of drug-likeness (QED) is 0.604. The topological polar surface area (TPSA) is 104 Å². The Hall–Kier alpha value is -1.87. The maximum atomic E-state index is 5.28. The fraction of sp³-hybridized carbons (Fsp3) is 0.333. The number of hydrogen-bond donors (Lipinski definition) is 2. The summed E-state index contributed by atoms with van der Waals surface area (Å²) >= 11 is 1.36. The molecule has 8 nitrogen and oxygen atoms in total. The van der Waals surface area contributed by atoms with E-state index in [1.165, 1.54) is 18.9 Å². The number of anilines is 1. The van der Waals surface area contributed by atoms with Crippen LogP contribution in [0.2, 0.25) is 0 Å². The van der Waals surface area contributed by atoms with E-state index in [1.807, 2.05) is 20.0 Å². The van der Waals surface area contributed by atoms with E-state index in [4.69, 9.17) is 10.6 Å². The smallest absolute Gasteiger partial charge is 0.322 e. The van der Waals surface area contributed by atoms with Gasteiger partial charge in [-0.05, 0) is 24.8 Å². The fourth-order valence-corrected chi connectivity index (χ4v) is 2.16. The number of aromatic nitrogens is 5. The summed E-state index contributed by atoms with van der Waals surface area (Å²) in [5.74, 6) is 5.54. The molecule has 0 radical (unpaired) electrons. The Morgan fingerprint density at radius 2 is 2.17 bits per heavy atom. The zero-order valence-electron chi connectivity index (χ0n) is 10.2. The number of nitrogens with zero attached hydrogens (tertiary/aromatic N) is 5. The van der Waals surface area contributed by atoms with Crippen molar-refractivity contribution in [2.45, 2.75) is 17.1 Å². The molecule has 0 aromatic carbocycles. The number of methoxy groups -OCH3 is 1. The van der Waals surface area contributed by atoms with Crippen molar-refractivity contribution in [3.8, 4) is 6.01 Å². The highest BCUT2D eigenvalue weighted by molar-refractivity contribution is 7.99. The van der Waals surface area contributed by atoms with Crippen LogP contribution < -0.4 is 16.0 Å². The Bertz CT molecular complexity index is 534. The molecule has 0 amide bonds. The molecule has 2 aromatic heterocycles. The Morgan fingerprint density at radius 1 is 1.39 bits per heavy atom. The van der Waals surface area contributed by atoms with Gasteiger partial charge in [-0.15, -0.1) is 0 Å². The molecule has 0 spiro atoms. The van der Waals surface area contributed by atoms with Crippen molar-refractivity contribution < 1.29 is 4.74 Å². The molecule has 0 aliphatic rings. The molecule has 18 heavy (non-hydrogen) atoms. The van der Waals surface area contributed by atoms with Crippen LogP contribution in [-0.2, 0) is 7.05 Å². The van der Waals surface area contributed by atoms with Gasteiger partial charge in [0, 0.05) is 7.05 Å². The Labute approximate surface area is 108 Å². The maximum absolute atomic E-state index is 5.28. The van der Waals surface area contributed by atoms with Crippen molar-refractivity contribution in [2.24, 2.45) is 12.9 Å². The summed E-state index contributed by atoms with van der Waals surface area (Å²) in [5, 5.41) is 5.65. The van der Waals surface area contributed by atoms with Crippen LogP contribution in [0, 0.1) is 6.92 Å². The van der Waals surface area contributed by atoms with Crippen LogP contribution >= 0.6 is 11.8 Å². The lowest BCUT2D eigenvalue weighted by molar-refractivity contribution is 0.373. The summed E-state index contributed by atoms with van der Waals surface area (Å²) < 4.78 is 6.73. The number of rotatable bonds is 4. The molecule has 0 bridgehead atoms. The number of ether oxygens (including phenoxy) is 1. The number of hydrogen-bond acceptors (Lipinski definition) is 8. The van der Waals surface area contributed by atoms with Gasteiger partial charge in [0.15, 0.2) is 0 Å². The van der Waals surface area contributed by atoms with E-state index < -0.39 is 0 Å². The van der Waals surface area contributed by atoms with E-state index in [0.717, 1.165) is 10.7 Å². The average Bonchev–Trinajstić information content (AvgIpc) is 2.67. The van der Waals surface area contributed by atoms with Gasteiger partial charge < -0.3 is 4.74 Å². The third-order valence-electron chi connectivity index (χ3n) is 2.06. The molecule has 0 aliphatic carbocycles. The summed E-state index contributed by atoms with van der Waals surface area (Å²) in [7, 11) is 3.34. The van der Waals surface area contributed by atoms with Gasteiger partial charge in [0.2, 0.25) is 11.1 Å². The zero-order valence-corrected chi connectivity index (χ0v) is 11.0. The van der Waals surface area contributed by atoms with Crippen molar-refractivity contribution >= 4 is 17.7 Å². The fourth-order valence-electron chi connectivity index (χ4n) is 1.32. The van der Waals surface area contributed by atoms with E-state index in [0.29, 0.717) is 5.16 Å². The monoisotopic (exact) mass is 267 g/mol. The second kappa shape index (κ2) is 5.19. The third-order valence-corrected chi connectivity index (χ3v) is 3.02. The Kier molecular flexibility index (Phi) is 3.63. The molecule has 0 saturated heterocycles. The van der Waals surface area contributed by atoms with Crippen LogP contribution in [0.5, 0.6) is 6.01 Å². The third kappa shape index (κ3) is 2.68. The van der Waals surface area contributed by atoms with Crippen molar-refractivity contribution in [3.05, 3.63) is 11.8 Å². The summed E-state index contributed by atoms with van der Waals surface area (Å²) in [6, 6.07) is 2.15. The van der Waals surface area contributed by atoms with Gasteiger partial charge in [-0.25, -0.2) is 5.84 Å². The van der Waals surface area contributed by atoms with Crippen LogP contribution in [0.15, 0.2) is 16.2 Å². The first-order valence-corrected chi connectivity index (χ1v) is 5.89. The van der Waals surface area contributed by atoms with E-state index in [-0.39, 0.29) is 12.0 Å². The molecule has 0 atom stereocenters. The van der Waals surface area contributed by atoms with Gasteiger partial charge in [-0.3, -0.25) is 10.1 Å². The number of nitrogen functional groups attached to an aromatic ring is 1. The van der Waals surface area contributed by atoms with Crippen molar-refractivity contribution in [1.29, 1.82) is 0 Å². The molecule has 2 rings (SSSR count). The molecule has 3 N–H and O–H groups in total. The molecule has 2 aromatic rings. The molecule has 2 heterocycles. The minimum absolute atomic E-state index is 0.208. The molecule has 0 unspecified atom stereocenters. The molecular weight excluding hydrogens is 254 g/mol. The number of aryl methyl sites for hydroxylation is 2. The average molecular weight is 267 g/mol. The first-order valence-electron chi connectivity index (χ1n) is 5.07. The van der Waals surface area contributed by atoms with E-state index in [9.17, 15) is 0 Å². The predicted octanol–water partition coefficient (Wildman–Crippen LogP) is 0.359. The van der Waals surface area contributed by atoms with Gasteiger partial charge in [0.05, 0.1) is 12.8 Å². The predicted molar refractivity (Wildman–Crippen MR) is 66.3 cm³/mol. The lowest BCUT2D eigenvalue weighted by atomic mass is 10.5. The van der Waals surface area contributed by atoms with Crippen LogP contribution in [0.3, 0.4) is 0 Å². The van der Waals surface area contributed by atoms with Crippen LogP contribution in [0.1, 0.15) is 5.69 Å². The SMILES string of the molecule is COc1nc(NN)nc(Sc2cc(C)nn2C)n1. The Balaban J connectivity index is 2.30. The van der Waals surface area contributed by atoms with E-state index in [1.54, 1.807) is 4.68 Å². The second-order valence-electron chi connectivity index (χ2n) is 3.42. The zero-order chi connectivity index (χ0) is 13.1. The minimum Gasteiger partial charge on any atom is -0.467 e. The maximum Gasteiger partial charge on any atom is 0.322 e. The van der Waals surface area contributed by atoms with E-state index in [2.05, 4.69) is 25.5 Å². The number of hydrazine groups is 1. The van der Waals surface area contributed by atoms with Crippen molar-refractivity contribution in [2.75, 3.05) is 12.5 Å². The summed E-state index contributed by atoms with van der Waals surface area (Å²) in [6.07, 6.45) is 0. The van der Waals surface area contributed by atoms with Crippen molar-refractivity contribution in [3.63, 3.8) is 0 Å². The normalized spacial score (nSPS) is 10.4. The molecular formula is C9H13N7OS. The number of nitrogens with one attached hydrogen (secondary N) is 1. The standard InChI is InChI=1S/C9H13N7OS/c1-5-4-6(16(2)15-5)18-9-12-7(14-10)11-8(13-9)17-3/h4H,10H2,1-3H3,(H,11,12,13,14). The van der Waals surface area contributed by atoms with Gasteiger partial charge in [0.1, 0.15) is 5.03 Å². The molecule has 0 aliphatic heterocycles. The lowest BCUT2D eigenvalue weighted by Crippen LogP contribution is -2.12. The number of nitrogens with two attached hydrogens (primary N) is 1. The highest BCUT2D eigenvalue weighted by Crippen LogP contribution is 2.26. The van der Waals surface area contributed by atoms with E-state index >= 15 is 0 Å². The van der Waals surface area contributed by atoms with Crippen LogP contribution in [0.25, 0.3) is 0 Å². The lowest BCUT2D eigenvalue weighted by Gasteiger charge is -2.04. The van der Waals surface area contributed by atoms with Gasteiger partial charge in [0.25, 0.3) is 0 Å². The first-order chi connectivity index (χ1) is 8.62. The highest BCUT2D eigenvalue weighted by atomic mass is 32.2. The van der Waals surface area contributed by atoms with Gasteiger partial charge in [-0.2, -0.15) is 20.1 Å². The minimum atomic E-state index is 0.208. The van der Waals surface area contributed by atoms with Gasteiger partial charge in [-0.1, -0.05) is 0 Å². The van der Waals surface area contributed by atoms with Crippen molar-refractivity contribution in [1.82, 2.24) is 24.7 Å². The summed E-state index contributed by atoms with van der Waals surface area (Å²) in [6.45, 7) is 1.92. The van der Waals surface area contributed by atoms with Crippen LogP contribution in [-0.4, -0.2) is 31.8 Å². The summed E-state index contributed by atoms with van der Waals surface area (Å²) in [5.41, 5.74) is 3.30. The highest BCUT2D eigenvalue weighted by Gasteiger charge is 2.10. The van der Waals surface area contributed by atoms with Crippen LogP contribution in [0.4, 0.5) is 5.95 Å². The molecule has 0 fully saturated rings. The molecule has 96 valence electrons. The largest absolute Gasteiger partial charge is 0.467 e. The second-order valence-corrected chi connectivity index (χ2v) is 4.41.